The van der Waals surface area contributed by atoms with Crippen molar-refractivity contribution in [1.82, 2.24) is 10.2 Å². The predicted molar refractivity (Wildman–Crippen MR) is 69.8 cm³/mol. The monoisotopic (exact) mass is 224 g/mol. The van der Waals surface area contributed by atoms with Gasteiger partial charge in [0.25, 0.3) is 0 Å². The van der Waals surface area contributed by atoms with Gasteiger partial charge in [0.15, 0.2) is 0 Å². The second-order valence-corrected chi connectivity index (χ2v) is 5.62. The fraction of sp³-hybridized carbons (Fsp3) is 1.00. The summed E-state index contributed by atoms with van der Waals surface area (Å²) in [6.45, 7) is 6.26. The SMILES string of the molecule is CCCCN1CCC(NC2CCCC2)CC1. The van der Waals surface area contributed by atoms with Crippen LogP contribution < -0.4 is 5.32 Å². The van der Waals surface area contributed by atoms with Crippen molar-refractivity contribution in [3.63, 3.8) is 0 Å². The quantitative estimate of drug-likeness (QED) is 0.772. The van der Waals surface area contributed by atoms with Gasteiger partial charge in [-0.05, 0) is 51.7 Å². The lowest BCUT2D eigenvalue weighted by Crippen LogP contribution is -2.45. The first-order valence-electron chi connectivity index (χ1n) is 7.37. The fourth-order valence-electron chi connectivity index (χ4n) is 3.13. The summed E-state index contributed by atoms with van der Waals surface area (Å²) >= 11 is 0. The Kier molecular flexibility index (Phi) is 5.11. The zero-order valence-electron chi connectivity index (χ0n) is 10.9. The third-order valence-electron chi connectivity index (χ3n) is 4.24. The molecule has 1 saturated carbocycles. The zero-order valence-corrected chi connectivity index (χ0v) is 10.9. The minimum Gasteiger partial charge on any atom is -0.311 e. The Morgan fingerprint density at radius 1 is 1.00 bits per heavy atom. The Morgan fingerprint density at radius 3 is 2.25 bits per heavy atom. The van der Waals surface area contributed by atoms with Crippen LogP contribution in [-0.2, 0) is 0 Å². The van der Waals surface area contributed by atoms with Crippen molar-refractivity contribution in [3.8, 4) is 0 Å². The molecule has 0 unspecified atom stereocenters. The maximum Gasteiger partial charge on any atom is 0.00940 e. The molecular formula is C14H28N2. The van der Waals surface area contributed by atoms with Crippen molar-refractivity contribution in [3.05, 3.63) is 0 Å². The summed E-state index contributed by atoms with van der Waals surface area (Å²) in [5, 5.41) is 3.87. The second kappa shape index (κ2) is 6.61. The number of rotatable bonds is 5. The summed E-state index contributed by atoms with van der Waals surface area (Å²) in [5.41, 5.74) is 0. The van der Waals surface area contributed by atoms with Gasteiger partial charge in [0.2, 0.25) is 0 Å². The molecule has 2 heteroatoms. The topological polar surface area (TPSA) is 15.3 Å². The maximum absolute atomic E-state index is 3.87. The van der Waals surface area contributed by atoms with Crippen LogP contribution in [0.15, 0.2) is 0 Å². The van der Waals surface area contributed by atoms with Crippen LogP contribution in [0, 0.1) is 0 Å². The lowest BCUT2D eigenvalue weighted by molar-refractivity contribution is 0.189. The summed E-state index contributed by atoms with van der Waals surface area (Å²) in [5.74, 6) is 0. The fourth-order valence-corrected chi connectivity index (χ4v) is 3.13. The first-order chi connectivity index (χ1) is 7.88. The van der Waals surface area contributed by atoms with E-state index in [2.05, 4.69) is 17.1 Å². The summed E-state index contributed by atoms with van der Waals surface area (Å²) in [7, 11) is 0. The van der Waals surface area contributed by atoms with Crippen LogP contribution in [0.3, 0.4) is 0 Å². The van der Waals surface area contributed by atoms with E-state index in [-0.39, 0.29) is 0 Å². The lowest BCUT2D eigenvalue weighted by atomic mass is 10.0. The van der Waals surface area contributed by atoms with E-state index in [0.717, 1.165) is 12.1 Å². The molecule has 2 nitrogen and oxygen atoms in total. The molecule has 0 radical (unpaired) electrons. The summed E-state index contributed by atoms with van der Waals surface area (Å²) in [6.07, 6.45) is 11.2. The van der Waals surface area contributed by atoms with E-state index < -0.39 is 0 Å². The molecule has 0 aromatic carbocycles. The molecule has 16 heavy (non-hydrogen) atoms. The van der Waals surface area contributed by atoms with Crippen LogP contribution in [0.2, 0.25) is 0 Å². The van der Waals surface area contributed by atoms with E-state index in [9.17, 15) is 0 Å². The van der Waals surface area contributed by atoms with E-state index >= 15 is 0 Å². The van der Waals surface area contributed by atoms with Crippen LogP contribution in [0.25, 0.3) is 0 Å². The highest BCUT2D eigenvalue weighted by atomic mass is 15.1. The molecule has 0 aromatic heterocycles. The van der Waals surface area contributed by atoms with E-state index in [1.807, 2.05) is 0 Å². The van der Waals surface area contributed by atoms with Crippen LogP contribution >= 0.6 is 0 Å². The molecule has 94 valence electrons. The van der Waals surface area contributed by atoms with Gasteiger partial charge in [0, 0.05) is 12.1 Å². The van der Waals surface area contributed by atoms with E-state index in [1.165, 1.54) is 71.0 Å². The Bertz CT molecular complexity index is 179. The van der Waals surface area contributed by atoms with E-state index in [1.54, 1.807) is 0 Å². The van der Waals surface area contributed by atoms with Crippen molar-refractivity contribution in [1.29, 1.82) is 0 Å². The van der Waals surface area contributed by atoms with E-state index in [0.29, 0.717) is 0 Å². The molecule has 0 bridgehead atoms. The highest BCUT2D eigenvalue weighted by Crippen LogP contribution is 2.20. The number of piperidine rings is 1. The number of hydrogen-bond acceptors (Lipinski definition) is 2. The second-order valence-electron chi connectivity index (χ2n) is 5.62. The van der Waals surface area contributed by atoms with Crippen molar-refractivity contribution < 1.29 is 0 Å². The highest BCUT2D eigenvalue weighted by Gasteiger charge is 2.22. The average Bonchev–Trinajstić information content (AvgIpc) is 2.81. The third kappa shape index (κ3) is 3.74. The summed E-state index contributed by atoms with van der Waals surface area (Å²) in [6, 6.07) is 1.67. The molecular weight excluding hydrogens is 196 g/mol. The van der Waals surface area contributed by atoms with E-state index in [4.69, 9.17) is 0 Å². The van der Waals surface area contributed by atoms with Crippen molar-refractivity contribution in [2.75, 3.05) is 19.6 Å². The van der Waals surface area contributed by atoms with Gasteiger partial charge in [-0.25, -0.2) is 0 Å². The number of likely N-dealkylation sites (tertiary alicyclic amines) is 1. The van der Waals surface area contributed by atoms with Crippen LogP contribution in [0.5, 0.6) is 0 Å². The predicted octanol–water partition coefficient (Wildman–Crippen LogP) is 2.78. The summed E-state index contributed by atoms with van der Waals surface area (Å²) in [4.78, 5) is 2.65. The molecule has 1 saturated heterocycles. The Morgan fingerprint density at radius 2 is 1.62 bits per heavy atom. The number of hydrogen-bond donors (Lipinski definition) is 1. The molecule has 0 aromatic rings. The van der Waals surface area contributed by atoms with Gasteiger partial charge in [-0.1, -0.05) is 26.2 Å². The summed E-state index contributed by atoms with van der Waals surface area (Å²) < 4.78 is 0. The normalized spacial score (nSPS) is 25.3. The Hall–Kier alpha value is -0.0800. The third-order valence-corrected chi connectivity index (χ3v) is 4.24. The number of nitrogens with zero attached hydrogens (tertiary/aromatic N) is 1. The number of nitrogens with one attached hydrogen (secondary N) is 1. The highest BCUT2D eigenvalue weighted by molar-refractivity contribution is 4.82. The number of unbranched alkanes of at least 4 members (excludes halogenated alkanes) is 1. The molecule has 2 fully saturated rings. The van der Waals surface area contributed by atoms with Gasteiger partial charge in [-0.3, -0.25) is 0 Å². The smallest absolute Gasteiger partial charge is 0.00940 e. The lowest BCUT2D eigenvalue weighted by Gasteiger charge is -2.33. The van der Waals surface area contributed by atoms with Crippen LogP contribution in [0.1, 0.15) is 58.3 Å². The molecule has 0 amide bonds. The Labute approximate surface area is 101 Å². The first kappa shape index (κ1) is 12.4. The largest absolute Gasteiger partial charge is 0.311 e. The molecule has 1 heterocycles. The standard InChI is InChI=1S/C14H28N2/c1-2-3-10-16-11-8-14(9-12-16)15-13-6-4-5-7-13/h13-15H,2-12H2,1H3. The van der Waals surface area contributed by atoms with Gasteiger partial charge >= 0.3 is 0 Å². The molecule has 1 N–H and O–H groups in total. The molecule has 1 aliphatic heterocycles. The average molecular weight is 224 g/mol. The zero-order chi connectivity index (χ0) is 11.2. The van der Waals surface area contributed by atoms with Gasteiger partial charge in [-0.15, -0.1) is 0 Å². The molecule has 0 spiro atoms. The van der Waals surface area contributed by atoms with Gasteiger partial charge in [-0.2, -0.15) is 0 Å². The first-order valence-corrected chi connectivity index (χ1v) is 7.37. The van der Waals surface area contributed by atoms with Crippen molar-refractivity contribution in [2.45, 2.75) is 70.4 Å². The maximum atomic E-state index is 3.87. The van der Waals surface area contributed by atoms with Crippen LogP contribution in [-0.4, -0.2) is 36.6 Å². The molecule has 0 atom stereocenters. The molecule has 2 aliphatic rings. The van der Waals surface area contributed by atoms with Gasteiger partial charge < -0.3 is 10.2 Å². The van der Waals surface area contributed by atoms with Crippen LogP contribution in [0.4, 0.5) is 0 Å². The molecule has 2 rings (SSSR count). The minimum absolute atomic E-state index is 0.820. The molecule has 1 aliphatic carbocycles. The minimum atomic E-state index is 0.820. The Balaban J connectivity index is 1.60. The van der Waals surface area contributed by atoms with Gasteiger partial charge in [0.05, 0.1) is 0 Å². The van der Waals surface area contributed by atoms with Crippen molar-refractivity contribution >= 4 is 0 Å². The van der Waals surface area contributed by atoms with Crippen molar-refractivity contribution in [2.24, 2.45) is 0 Å². The van der Waals surface area contributed by atoms with Gasteiger partial charge in [0.1, 0.15) is 0 Å².